The van der Waals surface area contributed by atoms with Gasteiger partial charge in [0, 0.05) is 24.7 Å². The molecule has 1 amide bonds. The molecule has 1 aliphatic carbocycles. The van der Waals surface area contributed by atoms with Crippen molar-refractivity contribution in [2.24, 2.45) is 5.73 Å². The molecule has 2 atom stereocenters. The molecule has 2 fully saturated rings. The van der Waals surface area contributed by atoms with E-state index >= 15 is 0 Å². The van der Waals surface area contributed by atoms with Crippen LogP contribution in [0, 0.1) is 0 Å². The Bertz CT molecular complexity index is 588. The number of hydrogen-bond donors (Lipinski definition) is 1. The number of rotatable bonds is 7. The Morgan fingerprint density at radius 1 is 1.25 bits per heavy atom. The van der Waals surface area contributed by atoms with Gasteiger partial charge < -0.3 is 24.8 Å². The molecule has 0 radical (unpaired) electrons. The Balaban J connectivity index is 1.76. The highest BCUT2D eigenvalue weighted by Crippen LogP contribution is 2.34. The molecule has 24 heavy (non-hydrogen) atoms. The van der Waals surface area contributed by atoms with Gasteiger partial charge in [-0.2, -0.15) is 0 Å². The molecular weight excluding hydrogens is 308 g/mol. The van der Waals surface area contributed by atoms with E-state index in [4.69, 9.17) is 19.9 Å². The van der Waals surface area contributed by atoms with Crippen molar-refractivity contribution in [2.75, 3.05) is 20.8 Å². The van der Waals surface area contributed by atoms with E-state index in [2.05, 4.69) is 0 Å². The van der Waals surface area contributed by atoms with E-state index in [0.717, 1.165) is 42.7 Å². The maximum atomic E-state index is 12.9. The van der Waals surface area contributed by atoms with Gasteiger partial charge in [-0.3, -0.25) is 4.79 Å². The van der Waals surface area contributed by atoms with Crippen LogP contribution in [0.3, 0.4) is 0 Å². The minimum atomic E-state index is -0.365. The first-order valence-corrected chi connectivity index (χ1v) is 8.53. The summed E-state index contributed by atoms with van der Waals surface area (Å²) in [5, 5.41) is 0. The summed E-state index contributed by atoms with van der Waals surface area (Å²) in [6.45, 7) is 0.980. The maximum absolute atomic E-state index is 12.9. The predicted octanol–water partition coefficient (Wildman–Crippen LogP) is 1.70. The monoisotopic (exact) mass is 334 g/mol. The molecule has 1 aromatic carbocycles. The van der Waals surface area contributed by atoms with Gasteiger partial charge in [0.15, 0.2) is 0 Å². The fourth-order valence-corrected chi connectivity index (χ4v) is 3.21. The molecular formula is C18H26N2O4. The Labute approximate surface area is 142 Å². The third kappa shape index (κ3) is 3.65. The molecule has 6 heteroatoms. The number of carbonyl (C=O) groups is 1. The predicted molar refractivity (Wildman–Crippen MR) is 90.1 cm³/mol. The third-order valence-corrected chi connectivity index (χ3v) is 4.74. The van der Waals surface area contributed by atoms with Crippen LogP contribution in [0.1, 0.15) is 31.2 Å². The van der Waals surface area contributed by atoms with Gasteiger partial charge >= 0.3 is 0 Å². The highest BCUT2D eigenvalue weighted by Gasteiger charge is 2.39. The molecule has 2 aliphatic rings. The molecule has 3 rings (SSSR count). The Morgan fingerprint density at radius 3 is 2.62 bits per heavy atom. The fraction of sp³-hybridized carbons (Fsp3) is 0.611. The van der Waals surface area contributed by atoms with Crippen LogP contribution in [0.4, 0.5) is 0 Å². The van der Waals surface area contributed by atoms with Crippen LogP contribution in [0.25, 0.3) is 0 Å². The van der Waals surface area contributed by atoms with Crippen molar-refractivity contribution in [1.29, 1.82) is 0 Å². The van der Waals surface area contributed by atoms with Gasteiger partial charge in [0.2, 0.25) is 0 Å². The summed E-state index contributed by atoms with van der Waals surface area (Å²) < 4.78 is 16.5. The normalized spacial score (nSPS) is 23.1. The topological polar surface area (TPSA) is 74.0 Å². The van der Waals surface area contributed by atoms with Crippen molar-refractivity contribution < 1.29 is 19.0 Å². The molecule has 1 heterocycles. The summed E-state index contributed by atoms with van der Waals surface area (Å²) in [6.07, 6.45) is 3.34. The van der Waals surface area contributed by atoms with Gasteiger partial charge in [0.05, 0.1) is 20.3 Å². The second-order valence-electron chi connectivity index (χ2n) is 6.43. The second kappa shape index (κ2) is 7.40. The van der Waals surface area contributed by atoms with Crippen LogP contribution in [-0.2, 0) is 16.1 Å². The lowest BCUT2D eigenvalue weighted by atomic mass is 10.1. The first-order valence-electron chi connectivity index (χ1n) is 8.53. The number of ether oxygens (including phenoxy) is 3. The Morgan fingerprint density at radius 2 is 2.04 bits per heavy atom. The number of carbonyl (C=O) groups excluding carboxylic acids is 1. The average molecular weight is 334 g/mol. The van der Waals surface area contributed by atoms with Gasteiger partial charge in [-0.1, -0.05) is 0 Å². The van der Waals surface area contributed by atoms with E-state index in [-0.39, 0.29) is 18.1 Å². The van der Waals surface area contributed by atoms with Crippen molar-refractivity contribution in [3.63, 3.8) is 0 Å². The van der Waals surface area contributed by atoms with E-state index in [1.165, 1.54) is 0 Å². The van der Waals surface area contributed by atoms with Crippen LogP contribution in [-0.4, -0.2) is 49.8 Å². The van der Waals surface area contributed by atoms with E-state index in [1.807, 2.05) is 23.1 Å². The lowest BCUT2D eigenvalue weighted by Gasteiger charge is -2.26. The molecule has 0 bridgehead atoms. The summed E-state index contributed by atoms with van der Waals surface area (Å²) in [5.41, 5.74) is 6.61. The van der Waals surface area contributed by atoms with Crippen LogP contribution < -0.4 is 15.2 Å². The number of hydrogen-bond acceptors (Lipinski definition) is 5. The first-order chi connectivity index (χ1) is 11.7. The molecule has 1 aliphatic heterocycles. The molecule has 132 valence electrons. The van der Waals surface area contributed by atoms with E-state index in [9.17, 15) is 4.79 Å². The molecule has 6 nitrogen and oxygen atoms in total. The first kappa shape index (κ1) is 17.0. The van der Waals surface area contributed by atoms with E-state index in [1.54, 1.807) is 14.2 Å². The number of benzene rings is 1. The van der Waals surface area contributed by atoms with Gasteiger partial charge in [-0.05, 0) is 43.9 Å². The molecule has 2 N–H and O–H groups in total. The standard InChI is InChI=1S/C18H26N2O4/c1-22-14-5-7-16(23-2)12(9-14)11-20(13-3-4-13)18(21)17-8-6-15(10-19)24-17/h5,7,9,13,15,17H,3-4,6,8,10-11,19H2,1-2H3/t15-,17+/m1/s1. The van der Waals surface area contributed by atoms with Crippen LogP contribution in [0.2, 0.25) is 0 Å². The Kier molecular flexibility index (Phi) is 5.26. The zero-order valence-corrected chi connectivity index (χ0v) is 14.4. The quantitative estimate of drug-likeness (QED) is 0.821. The highest BCUT2D eigenvalue weighted by molar-refractivity contribution is 5.82. The number of amides is 1. The zero-order chi connectivity index (χ0) is 17.1. The Hall–Kier alpha value is -1.79. The molecule has 1 saturated heterocycles. The highest BCUT2D eigenvalue weighted by atomic mass is 16.5. The maximum Gasteiger partial charge on any atom is 0.252 e. The van der Waals surface area contributed by atoms with Gasteiger partial charge in [0.25, 0.3) is 5.91 Å². The summed E-state index contributed by atoms with van der Waals surface area (Å²) in [4.78, 5) is 14.9. The summed E-state index contributed by atoms with van der Waals surface area (Å²) in [5.74, 6) is 1.59. The van der Waals surface area contributed by atoms with Crippen LogP contribution in [0.5, 0.6) is 11.5 Å². The van der Waals surface area contributed by atoms with Crippen LogP contribution >= 0.6 is 0 Å². The third-order valence-electron chi connectivity index (χ3n) is 4.74. The average Bonchev–Trinajstić information content (AvgIpc) is 3.34. The van der Waals surface area contributed by atoms with Crippen molar-refractivity contribution in [3.8, 4) is 11.5 Å². The molecule has 0 unspecified atom stereocenters. The van der Waals surface area contributed by atoms with Gasteiger partial charge in [-0.25, -0.2) is 0 Å². The van der Waals surface area contributed by atoms with Gasteiger partial charge in [-0.15, -0.1) is 0 Å². The second-order valence-corrected chi connectivity index (χ2v) is 6.43. The van der Waals surface area contributed by atoms with E-state index < -0.39 is 0 Å². The van der Waals surface area contributed by atoms with Gasteiger partial charge in [0.1, 0.15) is 17.6 Å². The van der Waals surface area contributed by atoms with Crippen molar-refractivity contribution in [1.82, 2.24) is 4.90 Å². The molecule has 1 aromatic rings. The minimum Gasteiger partial charge on any atom is -0.497 e. The lowest BCUT2D eigenvalue weighted by molar-refractivity contribution is -0.144. The smallest absolute Gasteiger partial charge is 0.252 e. The number of nitrogens with zero attached hydrogens (tertiary/aromatic N) is 1. The number of nitrogens with two attached hydrogens (primary N) is 1. The molecule has 0 spiro atoms. The fourth-order valence-electron chi connectivity index (χ4n) is 3.21. The molecule has 1 saturated carbocycles. The summed E-state index contributed by atoms with van der Waals surface area (Å²) in [6, 6.07) is 5.96. The van der Waals surface area contributed by atoms with E-state index in [0.29, 0.717) is 19.1 Å². The summed E-state index contributed by atoms with van der Waals surface area (Å²) >= 11 is 0. The van der Waals surface area contributed by atoms with Crippen molar-refractivity contribution in [2.45, 2.75) is 50.5 Å². The van der Waals surface area contributed by atoms with Crippen LogP contribution in [0.15, 0.2) is 18.2 Å². The van der Waals surface area contributed by atoms with Crippen molar-refractivity contribution >= 4 is 5.91 Å². The summed E-state index contributed by atoms with van der Waals surface area (Å²) in [7, 11) is 3.27. The largest absolute Gasteiger partial charge is 0.497 e. The SMILES string of the molecule is COc1ccc(OC)c(CN(C(=O)[C@@H]2CC[C@H](CN)O2)C2CC2)c1. The van der Waals surface area contributed by atoms with Crippen molar-refractivity contribution in [3.05, 3.63) is 23.8 Å². The number of methoxy groups -OCH3 is 2. The lowest BCUT2D eigenvalue weighted by Crippen LogP contribution is -2.40. The molecule has 0 aromatic heterocycles. The minimum absolute atomic E-state index is 0.00589. The zero-order valence-electron chi connectivity index (χ0n) is 14.4.